The van der Waals surface area contributed by atoms with Crippen LogP contribution < -0.4 is 10.9 Å². The van der Waals surface area contributed by atoms with E-state index in [4.69, 9.17) is 4.52 Å². The van der Waals surface area contributed by atoms with E-state index in [0.717, 1.165) is 16.7 Å². The summed E-state index contributed by atoms with van der Waals surface area (Å²) in [6, 6.07) is 17.1. The van der Waals surface area contributed by atoms with E-state index >= 15 is 0 Å². The molecule has 0 unspecified atom stereocenters. The van der Waals surface area contributed by atoms with E-state index in [9.17, 15) is 9.59 Å². The third-order valence-corrected chi connectivity index (χ3v) is 3.82. The van der Waals surface area contributed by atoms with Gasteiger partial charge in [0.05, 0.1) is 0 Å². The zero-order chi connectivity index (χ0) is 17.1. The number of nitrogens with one attached hydrogen (secondary N) is 1. The van der Waals surface area contributed by atoms with Gasteiger partial charge in [-0.05, 0) is 12.5 Å². The van der Waals surface area contributed by atoms with Gasteiger partial charge >= 0.3 is 5.63 Å². The molecule has 1 heterocycles. The SMILES string of the molecule is Cc1ccc(CNC(=O)c2c(-c3ccccc3)n(C)oc2=O)cc1. The smallest absolute Gasteiger partial charge is 0.348 e. The molecule has 1 N–H and O–H groups in total. The minimum atomic E-state index is -0.641. The Morgan fingerprint density at radius 1 is 1.08 bits per heavy atom. The predicted octanol–water partition coefficient (Wildman–Crippen LogP) is 2.88. The zero-order valence-corrected chi connectivity index (χ0v) is 13.6. The number of hydrogen-bond donors (Lipinski definition) is 1. The first-order valence-corrected chi connectivity index (χ1v) is 7.65. The second kappa shape index (κ2) is 6.58. The maximum absolute atomic E-state index is 12.5. The molecule has 0 aliphatic carbocycles. The van der Waals surface area contributed by atoms with Crippen LogP contribution >= 0.6 is 0 Å². The van der Waals surface area contributed by atoms with Gasteiger partial charge in [0.25, 0.3) is 5.91 Å². The van der Waals surface area contributed by atoms with Crippen LogP contribution in [-0.2, 0) is 13.6 Å². The van der Waals surface area contributed by atoms with Gasteiger partial charge in [0.15, 0.2) is 5.56 Å². The van der Waals surface area contributed by atoms with E-state index in [2.05, 4.69) is 5.32 Å². The van der Waals surface area contributed by atoms with E-state index in [-0.39, 0.29) is 5.56 Å². The molecule has 5 nitrogen and oxygen atoms in total. The molecule has 0 saturated carbocycles. The number of benzene rings is 2. The van der Waals surface area contributed by atoms with Gasteiger partial charge in [0, 0.05) is 19.2 Å². The van der Waals surface area contributed by atoms with Gasteiger partial charge < -0.3 is 9.84 Å². The second-order valence-electron chi connectivity index (χ2n) is 5.63. The molecule has 0 spiro atoms. The Morgan fingerprint density at radius 3 is 2.42 bits per heavy atom. The molecule has 0 fully saturated rings. The molecule has 3 rings (SSSR count). The summed E-state index contributed by atoms with van der Waals surface area (Å²) in [5, 5.41) is 2.79. The number of aromatic nitrogens is 1. The number of aryl methyl sites for hydroxylation is 2. The average molecular weight is 322 g/mol. The number of carbonyl (C=O) groups excluding carboxylic acids is 1. The van der Waals surface area contributed by atoms with E-state index < -0.39 is 11.5 Å². The van der Waals surface area contributed by atoms with Crippen molar-refractivity contribution < 1.29 is 9.32 Å². The van der Waals surface area contributed by atoms with Gasteiger partial charge in [-0.1, -0.05) is 60.2 Å². The highest BCUT2D eigenvalue weighted by Gasteiger charge is 2.23. The van der Waals surface area contributed by atoms with E-state index in [1.165, 1.54) is 4.74 Å². The number of nitrogens with zero attached hydrogens (tertiary/aromatic N) is 1. The van der Waals surface area contributed by atoms with Crippen molar-refractivity contribution in [3.8, 4) is 11.3 Å². The number of carbonyl (C=O) groups is 1. The van der Waals surface area contributed by atoms with E-state index in [0.29, 0.717) is 12.2 Å². The highest BCUT2D eigenvalue weighted by atomic mass is 16.5. The Kier molecular flexibility index (Phi) is 4.33. The standard InChI is InChI=1S/C19H18N2O3/c1-13-8-10-14(11-9-13)12-20-18(22)16-17(21(2)24-19(16)23)15-6-4-3-5-7-15/h3-11H,12H2,1-2H3,(H,20,22). The molecule has 3 aromatic rings. The quantitative estimate of drug-likeness (QED) is 0.803. The lowest BCUT2D eigenvalue weighted by molar-refractivity contribution is 0.0949. The minimum Gasteiger partial charge on any atom is -0.348 e. The van der Waals surface area contributed by atoms with Crippen molar-refractivity contribution in [2.75, 3.05) is 0 Å². The van der Waals surface area contributed by atoms with Crippen LogP contribution in [0.2, 0.25) is 0 Å². The average Bonchev–Trinajstić information content (AvgIpc) is 2.89. The molecule has 0 aliphatic rings. The molecule has 2 aromatic carbocycles. The van der Waals surface area contributed by atoms with Gasteiger partial charge in [-0.2, -0.15) is 0 Å². The highest BCUT2D eigenvalue weighted by molar-refractivity contribution is 5.99. The van der Waals surface area contributed by atoms with Crippen LogP contribution in [-0.4, -0.2) is 10.6 Å². The van der Waals surface area contributed by atoms with Crippen LogP contribution in [0, 0.1) is 6.92 Å². The summed E-state index contributed by atoms with van der Waals surface area (Å²) >= 11 is 0. The molecule has 0 saturated heterocycles. The molecule has 5 heteroatoms. The first kappa shape index (κ1) is 15.8. The van der Waals surface area contributed by atoms with Crippen molar-refractivity contribution in [1.29, 1.82) is 0 Å². The van der Waals surface area contributed by atoms with Crippen LogP contribution in [0.25, 0.3) is 11.3 Å². The van der Waals surface area contributed by atoms with Crippen molar-refractivity contribution in [2.45, 2.75) is 13.5 Å². The Balaban J connectivity index is 1.87. The maximum atomic E-state index is 12.5. The molecule has 0 radical (unpaired) electrons. The first-order valence-electron chi connectivity index (χ1n) is 7.65. The van der Waals surface area contributed by atoms with Crippen molar-refractivity contribution >= 4 is 5.91 Å². The summed E-state index contributed by atoms with van der Waals surface area (Å²) < 4.78 is 6.42. The number of rotatable bonds is 4. The fourth-order valence-electron chi connectivity index (χ4n) is 2.57. The van der Waals surface area contributed by atoms with Crippen LogP contribution in [0.5, 0.6) is 0 Å². The monoisotopic (exact) mass is 322 g/mol. The Bertz CT molecular complexity index is 906. The molecule has 24 heavy (non-hydrogen) atoms. The number of hydrogen-bond acceptors (Lipinski definition) is 3. The fraction of sp³-hybridized carbons (Fsp3) is 0.158. The van der Waals surface area contributed by atoms with Gasteiger partial charge in [0.2, 0.25) is 0 Å². The van der Waals surface area contributed by atoms with Gasteiger partial charge in [-0.15, -0.1) is 0 Å². The first-order chi connectivity index (χ1) is 11.6. The van der Waals surface area contributed by atoms with Gasteiger partial charge in [-0.25, -0.2) is 9.53 Å². The third-order valence-electron chi connectivity index (χ3n) is 3.82. The lowest BCUT2D eigenvalue weighted by Crippen LogP contribution is -2.27. The number of amides is 1. The normalized spacial score (nSPS) is 10.6. The summed E-state index contributed by atoms with van der Waals surface area (Å²) in [4.78, 5) is 24.6. The summed E-state index contributed by atoms with van der Waals surface area (Å²) in [5.41, 5.74) is 2.73. The Labute approximate surface area is 139 Å². The topological polar surface area (TPSA) is 64.2 Å². The highest BCUT2D eigenvalue weighted by Crippen LogP contribution is 2.21. The molecule has 1 aromatic heterocycles. The van der Waals surface area contributed by atoms with Gasteiger partial charge in [-0.3, -0.25) is 4.79 Å². The van der Waals surface area contributed by atoms with Crippen molar-refractivity contribution in [1.82, 2.24) is 10.1 Å². The van der Waals surface area contributed by atoms with Crippen LogP contribution in [0.15, 0.2) is 63.9 Å². The van der Waals surface area contributed by atoms with Crippen molar-refractivity contribution in [3.63, 3.8) is 0 Å². The van der Waals surface area contributed by atoms with E-state index in [1.54, 1.807) is 7.05 Å². The zero-order valence-electron chi connectivity index (χ0n) is 13.6. The van der Waals surface area contributed by atoms with Gasteiger partial charge in [0.1, 0.15) is 5.69 Å². The summed E-state index contributed by atoms with van der Waals surface area (Å²) in [6.45, 7) is 2.35. The van der Waals surface area contributed by atoms with Crippen LogP contribution in [0.4, 0.5) is 0 Å². The maximum Gasteiger partial charge on any atom is 0.370 e. The van der Waals surface area contributed by atoms with Crippen LogP contribution in [0.3, 0.4) is 0 Å². The minimum absolute atomic E-state index is 0.0239. The van der Waals surface area contributed by atoms with Crippen molar-refractivity contribution in [3.05, 3.63) is 81.7 Å². The third kappa shape index (κ3) is 3.15. The Hall–Kier alpha value is -3.08. The lowest BCUT2D eigenvalue weighted by Gasteiger charge is -2.07. The van der Waals surface area contributed by atoms with Crippen LogP contribution in [0.1, 0.15) is 21.5 Å². The fourth-order valence-corrected chi connectivity index (χ4v) is 2.57. The predicted molar refractivity (Wildman–Crippen MR) is 91.7 cm³/mol. The lowest BCUT2D eigenvalue weighted by atomic mass is 10.1. The molecule has 0 atom stereocenters. The largest absolute Gasteiger partial charge is 0.370 e. The van der Waals surface area contributed by atoms with E-state index in [1.807, 2.05) is 61.5 Å². The summed E-state index contributed by atoms with van der Waals surface area (Å²) in [6.07, 6.45) is 0. The molecule has 0 bridgehead atoms. The molecule has 1 amide bonds. The van der Waals surface area contributed by atoms with Crippen molar-refractivity contribution in [2.24, 2.45) is 7.05 Å². The Morgan fingerprint density at radius 2 is 1.75 bits per heavy atom. The molecular weight excluding hydrogens is 304 g/mol. The second-order valence-corrected chi connectivity index (χ2v) is 5.63. The molecule has 122 valence electrons. The summed E-state index contributed by atoms with van der Waals surface area (Å²) in [7, 11) is 1.61. The molecule has 0 aliphatic heterocycles. The molecular formula is C19H18N2O3. The summed E-state index contributed by atoms with van der Waals surface area (Å²) in [5.74, 6) is -0.441.